The van der Waals surface area contributed by atoms with E-state index in [0.29, 0.717) is 22.6 Å². The Kier molecular flexibility index (Phi) is 6.75. The molecule has 4 aromatic rings. The van der Waals surface area contributed by atoms with Crippen molar-refractivity contribution in [2.24, 2.45) is 5.10 Å². The normalized spacial score (nSPS) is 10.8. The third kappa shape index (κ3) is 5.62. The summed E-state index contributed by atoms with van der Waals surface area (Å²) in [4.78, 5) is 24.7. The summed E-state index contributed by atoms with van der Waals surface area (Å²) in [5, 5.41) is 5.86. The number of benzene rings is 4. The van der Waals surface area contributed by atoms with Gasteiger partial charge in [-0.1, -0.05) is 60.7 Å². The molecule has 0 saturated carbocycles. The van der Waals surface area contributed by atoms with E-state index in [-0.39, 0.29) is 6.61 Å². The van der Waals surface area contributed by atoms with Crippen LogP contribution in [-0.2, 0) is 4.79 Å². The number of carbonyl (C=O) groups excluding carboxylic acids is 2. The molecular weight excluding hydrogens is 416 g/mol. The number of rotatable bonds is 7. The summed E-state index contributed by atoms with van der Waals surface area (Å²) in [6, 6.07) is 27.4. The molecule has 1 amide bonds. The number of carbonyl (C=O) groups is 2. The lowest BCUT2D eigenvalue weighted by molar-refractivity contribution is -0.123. The standard InChI is InChI=1S/C27H22N2O4/c1-19-8-7-12-22(16-19)32-18-26(30)29-28-17-24-23-13-6-5-9-20(23)14-15-25(24)33-27(31)21-10-3-2-4-11-21/h2-17H,18H2,1H3,(H,29,30)/b28-17+. The van der Waals surface area contributed by atoms with Gasteiger partial charge in [-0.2, -0.15) is 5.10 Å². The average molecular weight is 438 g/mol. The highest BCUT2D eigenvalue weighted by Crippen LogP contribution is 2.27. The number of amides is 1. The fraction of sp³-hybridized carbons (Fsp3) is 0.0741. The molecular formula is C27H22N2O4. The highest BCUT2D eigenvalue weighted by Gasteiger charge is 2.13. The fourth-order valence-corrected chi connectivity index (χ4v) is 3.29. The lowest BCUT2D eigenvalue weighted by Crippen LogP contribution is -2.24. The first-order chi connectivity index (χ1) is 16.1. The highest BCUT2D eigenvalue weighted by molar-refractivity contribution is 6.04. The van der Waals surface area contributed by atoms with Crippen LogP contribution in [-0.4, -0.2) is 24.7 Å². The summed E-state index contributed by atoms with van der Waals surface area (Å²) in [6.45, 7) is 1.77. The Labute approximate surface area is 191 Å². The average Bonchev–Trinajstić information content (AvgIpc) is 2.84. The van der Waals surface area contributed by atoms with E-state index in [4.69, 9.17) is 9.47 Å². The van der Waals surface area contributed by atoms with Gasteiger partial charge in [0.1, 0.15) is 11.5 Å². The molecule has 0 heterocycles. The first-order valence-corrected chi connectivity index (χ1v) is 10.4. The largest absolute Gasteiger partial charge is 0.484 e. The minimum absolute atomic E-state index is 0.174. The van der Waals surface area contributed by atoms with E-state index >= 15 is 0 Å². The fourth-order valence-electron chi connectivity index (χ4n) is 3.29. The monoisotopic (exact) mass is 438 g/mol. The predicted molar refractivity (Wildman–Crippen MR) is 128 cm³/mol. The van der Waals surface area contributed by atoms with Gasteiger partial charge in [-0.05, 0) is 53.6 Å². The van der Waals surface area contributed by atoms with Gasteiger partial charge in [0.15, 0.2) is 6.61 Å². The van der Waals surface area contributed by atoms with E-state index in [0.717, 1.165) is 16.3 Å². The number of fused-ring (bicyclic) bond motifs is 1. The number of nitrogens with zero attached hydrogens (tertiary/aromatic N) is 1. The third-order valence-corrected chi connectivity index (χ3v) is 4.89. The van der Waals surface area contributed by atoms with Gasteiger partial charge in [0, 0.05) is 5.56 Å². The quantitative estimate of drug-likeness (QED) is 0.193. The second-order valence-electron chi connectivity index (χ2n) is 7.35. The topological polar surface area (TPSA) is 77.0 Å². The molecule has 0 radical (unpaired) electrons. The first kappa shape index (κ1) is 21.8. The summed E-state index contributed by atoms with van der Waals surface area (Å²) >= 11 is 0. The van der Waals surface area contributed by atoms with Crippen molar-refractivity contribution >= 4 is 28.9 Å². The molecule has 0 bridgehead atoms. The van der Waals surface area contributed by atoms with Gasteiger partial charge in [-0.3, -0.25) is 4.79 Å². The molecule has 0 aromatic heterocycles. The molecule has 0 fully saturated rings. The van der Waals surface area contributed by atoms with Crippen LogP contribution in [0.25, 0.3) is 10.8 Å². The van der Waals surface area contributed by atoms with Gasteiger partial charge in [0.25, 0.3) is 5.91 Å². The molecule has 4 rings (SSSR count). The van der Waals surface area contributed by atoms with Crippen LogP contribution in [0.3, 0.4) is 0 Å². The second-order valence-corrected chi connectivity index (χ2v) is 7.35. The van der Waals surface area contributed by atoms with Crippen molar-refractivity contribution in [3.8, 4) is 11.5 Å². The van der Waals surface area contributed by atoms with Gasteiger partial charge in [0.2, 0.25) is 0 Å². The third-order valence-electron chi connectivity index (χ3n) is 4.89. The summed E-state index contributed by atoms with van der Waals surface area (Å²) in [6.07, 6.45) is 1.47. The van der Waals surface area contributed by atoms with Crippen LogP contribution in [0.2, 0.25) is 0 Å². The zero-order valence-electron chi connectivity index (χ0n) is 18.0. The van der Waals surface area contributed by atoms with Gasteiger partial charge < -0.3 is 9.47 Å². The van der Waals surface area contributed by atoms with Crippen LogP contribution in [0, 0.1) is 6.92 Å². The van der Waals surface area contributed by atoms with E-state index in [1.165, 1.54) is 6.21 Å². The smallest absolute Gasteiger partial charge is 0.343 e. The van der Waals surface area contributed by atoms with Gasteiger partial charge in [-0.15, -0.1) is 0 Å². The van der Waals surface area contributed by atoms with Crippen LogP contribution < -0.4 is 14.9 Å². The Morgan fingerprint density at radius 3 is 2.52 bits per heavy atom. The number of nitrogens with one attached hydrogen (secondary N) is 1. The Balaban J connectivity index is 1.50. The highest BCUT2D eigenvalue weighted by atomic mass is 16.5. The van der Waals surface area contributed by atoms with Gasteiger partial charge in [0.05, 0.1) is 11.8 Å². The van der Waals surface area contributed by atoms with Crippen LogP contribution in [0.4, 0.5) is 0 Å². The van der Waals surface area contributed by atoms with Crippen molar-refractivity contribution in [1.82, 2.24) is 5.43 Å². The molecule has 0 saturated heterocycles. The van der Waals surface area contributed by atoms with Crippen molar-refractivity contribution in [1.29, 1.82) is 0 Å². The first-order valence-electron chi connectivity index (χ1n) is 10.4. The van der Waals surface area contributed by atoms with Crippen LogP contribution in [0.1, 0.15) is 21.5 Å². The Bertz CT molecular complexity index is 1320. The molecule has 1 N–H and O–H groups in total. The van der Waals surface area contributed by atoms with Crippen LogP contribution >= 0.6 is 0 Å². The van der Waals surface area contributed by atoms with Crippen molar-refractivity contribution in [2.75, 3.05) is 6.61 Å². The van der Waals surface area contributed by atoms with Crippen molar-refractivity contribution in [3.63, 3.8) is 0 Å². The number of ether oxygens (including phenoxy) is 2. The SMILES string of the molecule is Cc1cccc(OCC(=O)N/N=C/c2c(OC(=O)c3ccccc3)ccc3ccccc23)c1. The second kappa shape index (κ2) is 10.2. The summed E-state index contributed by atoms with van der Waals surface area (Å²) in [5.41, 5.74) is 4.52. The van der Waals surface area contributed by atoms with Crippen LogP contribution in [0.15, 0.2) is 96.1 Å². The lowest BCUT2D eigenvalue weighted by Gasteiger charge is -2.10. The Morgan fingerprint density at radius 1 is 0.909 bits per heavy atom. The van der Waals surface area contributed by atoms with E-state index in [1.54, 1.807) is 36.4 Å². The molecule has 33 heavy (non-hydrogen) atoms. The maximum Gasteiger partial charge on any atom is 0.343 e. The summed E-state index contributed by atoms with van der Waals surface area (Å²) in [5.74, 6) is 0.0711. The number of esters is 1. The Morgan fingerprint density at radius 2 is 1.70 bits per heavy atom. The molecule has 0 unspecified atom stereocenters. The zero-order valence-corrected chi connectivity index (χ0v) is 18.0. The van der Waals surface area contributed by atoms with Gasteiger partial charge in [-0.25, -0.2) is 10.2 Å². The van der Waals surface area contributed by atoms with E-state index in [9.17, 15) is 9.59 Å². The number of hydrazone groups is 1. The summed E-state index contributed by atoms with van der Waals surface area (Å²) in [7, 11) is 0. The van der Waals surface area contributed by atoms with E-state index in [2.05, 4.69) is 10.5 Å². The van der Waals surface area contributed by atoms with Crippen molar-refractivity contribution in [2.45, 2.75) is 6.92 Å². The van der Waals surface area contributed by atoms with E-state index < -0.39 is 11.9 Å². The zero-order chi connectivity index (χ0) is 23.0. The molecule has 0 aliphatic carbocycles. The molecule has 4 aromatic carbocycles. The van der Waals surface area contributed by atoms with Crippen molar-refractivity contribution < 1.29 is 19.1 Å². The molecule has 6 nitrogen and oxygen atoms in total. The summed E-state index contributed by atoms with van der Waals surface area (Å²) < 4.78 is 11.1. The molecule has 0 aliphatic rings. The number of hydrogen-bond acceptors (Lipinski definition) is 5. The minimum Gasteiger partial charge on any atom is -0.484 e. The lowest BCUT2D eigenvalue weighted by atomic mass is 10.0. The number of aryl methyl sites for hydroxylation is 1. The maximum absolute atomic E-state index is 12.6. The predicted octanol–water partition coefficient (Wildman–Crippen LogP) is 4.90. The van der Waals surface area contributed by atoms with E-state index in [1.807, 2.05) is 61.5 Å². The van der Waals surface area contributed by atoms with Gasteiger partial charge >= 0.3 is 5.97 Å². The molecule has 164 valence electrons. The molecule has 0 atom stereocenters. The molecule has 6 heteroatoms. The molecule has 0 spiro atoms. The van der Waals surface area contributed by atoms with Crippen molar-refractivity contribution in [3.05, 3.63) is 108 Å². The number of hydrogen-bond donors (Lipinski definition) is 1. The molecule has 0 aliphatic heterocycles. The van der Waals surface area contributed by atoms with Crippen LogP contribution in [0.5, 0.6) is 11.5 Å². The minimum atomic E-state index is -0.476. The Hall–Kier alpha value is -4.45. The maximum atomic E-state index is 12.6.